The molecule has 19 heavy (non-hydrogen) atoms. The molecule has 3 unspecified atom stereocenters. The molecule has 1 heterocycles. The van der Waals surface area contributed by atoms with Crippen molar-refractivity contribution in [3.05, 3.63) is 35.9 Å². The second-order valence-electron chi connectivity index (χ2n) is 5.09. The summed E-state index contributed by atoms with van der Waals surface area (Å²) in [7, 11) is 0. The van der Waals surface area contributed by atoms with E-state index in [2.05, 4.69) is 0 Å². The molecule has 3 nitrogen and oxygen atoms in total. The van der Waals surface area contributed by atoms with Crippen LogP contribution in [0.1, 0.15) is 18.4 Å². The van der Waals surface area contributed by atoms with Crippen LogP contribution in [-0.4, -0.2) is 41.5 Å². The fourth-order valence-electron chi connectivity index (χ4n) is 2.24. The van der Waals surface area contributed by atoms with Crippen LogP contribution in [0.5, 0.6) is 0 Å². The highest BCUT2D eigenvalue weighted by Crippen LogP contribution is 2.18. The summed E-state index contributed by atoms with van der Waals surface area (Å²) in [5.74, 6) is 1.66. The van der Waals surface area contributed by atoms with Gasteiger partial charge < -0.3 is 15.6 Å². The number of thioether (sulfide) groups is 1. The SMILES string of the molecule is NC(Cc1ccccc1)C(O)CSCC1CCCO1. The fraction of sp³-hybridized carbons (Fsp3) is 0.600. The van der Waals surface area contributed by atoms with Gasteiger partial charge in [-0.05, 0) is 24.8 Å². The standard InChI is InChI=1S/C15H23NO2S/c16-14(9-12-5-2-1-3-6-12)15(17)11-19-10-13-7-4-8-18-13/h1-3,5-6,13-15,17H,4,7-11,16H2. The Hall–Kier alpha value is -0.550. The zero-order valence-electron chi connectivity index (χ0n) is 11.2. The molecule has 1 aliphatic heterocycles. The summed E-state index contributed by atoms with van der Waals surface area (Å²) < 4.78 is 5.56. The Labute approximate surface area is 119 Å². The predicted molar refractivity (Wildman–Crippen MR) is 80.4 cm³/mol. The lowest BCUT2D eigenvalue weighted by Crippen LogP contribution is -2.38. The van der Waals surface area contributed by atoms with Crippen molar-refractivity contribution in [2.45, 2.75) is 37.5 Å². The van der Waals surface area contributed by atoms with Crippen molar-refractivity contribution in [2.24, 2.45) is 5.73 Å². The van der Waals surface area contributed by atoms with E-state index >= 15 is 0 Å². The van der Waals surface area contributed by atoms with E-state index in [9.17, 15) is 5.11 Å². The Kier molecular flexibility index (Phi) is 6.17. The van der Waals surface area contributed by atoms with E-state index in [-0.39, 0.29) is 6.04 Å². The van der Waals surface area contributed by atoms with E-state index in [0.29, 0.717) is 11.9 Å². The number of ether oxygens (including phenoxy) is 1. The van der Waals surface area contributed by atoms with Crippen LogP contribution in [0.2, 0.25) is 0 Å². The van der Waals surface area contributed by atoms with Crippen LogP contribution in [0.3, 0.4) is 0 Å². The highest BCUT2D eigenvalue weighted by Gasteiger charge is 2.18. The summed E-state index contributed by atoms with van der Waals surface area (Å²) in [5.41, 5.74) is 7.23. The summed E-state index contributed by atoms with van der Waals surface area (Å²) >= 11 is 1.74. The molecule has 3 N–H and O–H groups in total. The lowest BCUT2D eigenvalue weighted by molar-refractivity contribution is 0.128. The topological polar surface area (TPSA) is 55.5 Å². The number of hydrogen-bond donors (Lipinski definition) is 2. The minimum Gasteiger partial charge on any atom is -0.391 e. The number of nitrogens with two attached hydrogens (primary N) is 1. The van der Waals surface area contributed by atoms with Crippen molar-refractivity contribution in [3.8, 4) is 0 Å². The van der Waals surface area contributed by atoms with Crippen molar-refractivity contribution in [3.63, 3.8) is 0 Å². The van der Waals surface area contributed by atoms with Gasteiger partial charge in [0.1, 0.15) is 0 Å². The summed E-state index contributed by atoms with van der Waals surface area (Å²) in [6.45, 7) is 0.890. The van der Waals surface area contributed by atoms with E-state index in [1.807, 2.05) is 30.3 Å². The van der Waals surface area contributed by atoms with Crippen LogP contribution in [0.4, 0.5) is 0 Å². The van der Waals surface area contributed by atoms with Crippen molar-refractivity contribution in [1.82, 2.24) is 0 Å². The van der Waals surface area contributed by atoms with Gasteiger partial charge in [0.25, 0.3) is 0 Å². The van der Waals surface area contributed by atoms with Gasteiger partial charge in [-0.2, -0.15) is 11.8 Å². The summed E-state index contributed by atoms with van der Waals surface area (Å²) in [6, 6.07) is 9.89. The molecule has 0 aliphatic carbocycles. The molecule has 0 amide bonds. The van der Waals surface area contributed by atoms with Gasteiger partial charge in [-0.1, -0.05) is 30.3 Å². The molecule has 1 aromatic carbocycles. The van der Waals surface area contributed by atoms with Crippen molar-refractivity contribution in [2.75, 3.05) is 18.1 Å². The molecule has 1 saturated heterocycles. The Bertz CT molecular complexity index is 354. The molecule has 0 aromatic heterocycles. The molecule has 4 heteroatoms. The molecular formula is C15H23NO2S. The molecule has 3 atom stereocenters. The molecule has 1 aromatic rings. The first kappa shape index (κ1) is 14.9. The first-order chi connectivity index (χ1) is 9.25. The predicted octanol–water partition coefficient (Wildman–Crippen LogP) is 1.83. The van der Waals surface area contributed by atoms with Gasteiger partial charge in [-0.25, -0.2) is 0 Å². The third-order valence-corrected chi connectivity index (χ3v) is 4.61. The Morgan fingerprint density at radius 2 is 2.16 bits per heavy atom. The van der Waals surface area contributed by atoms with Gasteiger partial charge in [0.15, 0.2) is 0 Å². The number of aliphatic hydroxyl groups excluding tert-OH is 1. The highest BCUT2D eigenvalue weighted by molar-refractivity contribution is 7.99. The van der Waals surface area contributed by atoms with Gasteiger partial charge in [0, 0.05) is 24.2 Å². The zero-order valence-corrected chi connectivity index (χ0v) is 12.0. The number of rotatable bonds is 7. The minimum absolute atomic E-state index is 0.195. The average molecular weight is 281 g/mol. The van der Waals surface area contributed by atoms with E-state index < -0.39 is 6.10 Å². The van der Waals surface area contributed by atoms with Crippen LogP contribution < -0.4 is 5.73 Å². The Morgan fingerprint density at radius 3 is 2.84 bits per heavy atom. The molecule has 0 bridgehead atoms. The van der Waals surface area contributed by atoms with Crippen molar-refractivity contribution < 1.29 is 9.84 Å². The summed E-state index contributed by atoms with van der Waals surface area (Å²) in [4.78, 5) is 0. The molecule has 0 spiro atoms. The van der Waals surface area contributed by atoms with Crippen LogP contribution >= 0.6 is 11.8 Å². The Balaban J connectivity index is 1.65. The van der Waals surface area contributed by atoms with Gasteiger partial charge in [0.05, 0.1) is 12.2 Å². The summed E-state index contributed by atoms with van der Waals surface area (Å²) in [5, 5.41) is 10.1. The van der Waals surface area contributed by atoms with Crippen LogP contribution in [0.25, 0.3) is 0 Å². The highest BCUT2D eigenvalue weighted by atomic mass is 32.2. The van der Waals surface area contributed by atoms with Gasteiger partial charge in [0.2, 0.25) is 0 Å². The quantitative estimate of drug-likeness (QED) is 0.800. The maximum atomic E-state index is 10.1. The van der Waals surface area contributed by atoms with E-state index in [1.54, 1.807) is 11.8 Å². The fourth-order valence-corrected chi connectivity index (χ4v) is 3.39. The largest absolute Gasteiger partial charge is 0.391 e. The van der Waals surface area contributed by atoms with E-state index in [0.717, 1.165) is 25.2 Å². The van der Waals surface area contributed by atoms with Crippen LogP contribution in [0.15, 0.2) is 30.3 Å². The second-order valence-corrected chi connectivity index (χ2v) is 6.17. The maximum absolute atomic E-state index is 10.1. The smallest absolute Gasteiger partial charge is 0.0784 e. The molecule has 2 rings (SSSR count). The van der Waals surface area contributed by atoms with Gasteiger partial charge in [-0.15, -0.1) is 0 Å². The molecule has 0 radical (unpaired) electrons. The lowest BCUT2D eigenvalue weighted by Gasteiger charge is -2.19. The van der Waals surface area contributed by atoms with E-state index in [1.165, 1.54) is 12.0 Å². The number of hydrogen-bond acceptors (Lipinski definition) is 4. The number of benzene rings is 1. The maximum Gasteiger partial charge on any atom is 0.0784 e. The molecule has 0 saturated carbocycles. The minimum atomic E-state index is -0.452. The average Bonchev–Trinajstić information content (AvgIpc) is 2.93. The lowest BCUT2D eigenvalue weighted by atomic mass is 10.0. The summed E-state index contributed by atoms with van der Waals surface area (Å²) in [6.07, 6.45) is 2.97. The van der Waals surface area contributed by atoms with Crippen LogP contribution in [-0.2, 0) is 11.2 Å². The molecule has 1 fully saturated rings. The first-order valence-electron chi connectivity index (χ1n) is 6.92. The first-order valence-corrected chi connectivity index (χ1v) is 8.08. The third-order valence-electron chi connectivity index (χ3n) is 3.42. The van der Waals surface area contributed by atoms with Crippen molar-refractivity contribution in [1.29, 1.82) is 0 Å². The van der Waals surface area contributed by atoms with E-state index in [4.69, 9.17) is 10.5 Å². The monoisotopic (exact) mass is 281 g/mol. The van der Waals surface area contributed by atoms with Crippen LogP contribution in [0, 0.1) is 0 Å². The number of aliphatic hydroxyl groups is 1. The third kappa shape index (κ3) is 5.15. The zero-order chi connectivity index (χ0) is 13.5. The van der Waals surface area contributed by atoms with Crippen molar-refractivity contribution >= 4 is 11.8 Å². The molecule has 1 aliphatic rings. The van der Waals surface area contributed by atoms with Gasteiger partial charge in [-0.3, -0.25) is 0 Å². The Morgan fingerprint density at radius 1 is 1.37 bits per heavy atom. The molecular weight excluding hydrogens is 258 g/mol. The molecule has 106 valence electrons. The normalized spacial score (nSPS) is 22.3. The second kappa shape index (κ2) is 7.90. The van der Waals surface area contributed by atoms with Gasteiger partial charge >= 0.3 is 0 Å².